The molecule has 1 aromatic carbocycles. The number of benzene rings is 1. The predicted molar refractivity (Wildman–Crippen MR) is 84.9 cm³/mol. The van der Waals surface area contributed by atoms with Crippen molar-refractivity contribution in [1.82, 2.24) is 24.7 Å². The molecule has 1 atom stereocenters. The van der Waals surface area contributed by atoms with Crippen LogP contribution in [0.4, 0.5) is 4.39 Å². The zero-order valence-corrected chi connectivity index (χ0v) is 13.2. The third kappa shape index (κ3) is 3.03. The second-order valence-corrected chi connectivity index (χ2v) is 5.53. The molecule has 0 unspecified atom stereocenters. The van der Waals surface area contributed by atoms with Crippen molar-refractivity contribution in [2.75, 3.05) is 0 Å². The van der Waals surface area contributed by atoms with E-state index in [9.17, 15) is 14.0 Å². The Morgan fingerprint density at radius 3 is 2.88 bits per heavy atom. The van der Waals surface area contributed by atoms with E-state index in [4.69, 9.17) is 0 Å². The second-order valence-electron chi connectivity index (χ2n) is 5.53. The fourth-order valence-corrected chi connectivity index (χ4v) is 2.35. The maximum absolute atomic E-state index is 13.6. The van der Waals surface area contributed by atoms with E-state index < -0.39 is 17.6 Å². The van der Waals surface area contributed by atoms with Gasteiger partial charge in [-0.25, -0.2) is 13.9 Å². The molecule has 3 aromatic rings. The number of hydrogen-bond acceptors (Lipinski definition) is 4. The van der Waals surface area contributed by atoms with Crippen LogP contribution in [0.2, 0.25) is 0 Å². The summed E-state index contributed by atoms with van der Waals surface area (Å²) in [4.78, 5) is 24.2. The van der Waals surface area contributed by atoms with Crippen LogP contribution in [0.3, 0.4) is 0 Å². The number of carbonyl (C=O) groups is 1. The first-order valence-electron chi connectivity index (χ1n) is 7.42. The van der Waals surface area contributed by atoms with E-state index in [1.807, 2.05) is 0 Å². The van der Waals surface area contributed by atoms with Gasteiger partial charge in [0.1, 0.15) is 12.4 Å². The Bertz CT molecular complexity index is 963. The van der Waals surface area contributed by atoms with Crippen LogP contribution >= 0.6 is 0 Å². The second kappa shape index (κ2) is 6.23. The van der Waals surface area contributed by atoms with Gasteiger partial charge in [0.05, 0.1) is 6.04 Å². The molecule has 0 spiro atoms. The van der Waals surface area contributed by atoms with Crippen LogP contribution in [-0.2, 0) is 11.3 Å². The Morgan fingerprint density at radius 2 is 2.17 bits per heavy atom. The lowest BCUT2D eigenvalue weighted by atomic mass is 10.1. The summed E-state index contributed by atoms with van der Waals surface area (Å²) < 4.78 is 15.8. The van der Waals surface area contributed by atoms with E-state index in [1.54, 1.807) is 38.1 Å². The van der Waals surface area contributed by atoms with Crippen LogP contribution in [0.1, 0.15) is 24.1 Å². The molecule has 7 nitrogen and oxygen atoms in total. The van der Waals surface area contributed by atoms with Gasteiger partial charge in [-0.3, -0.25) is 4.79 Å². The number of nitrogens with zero attached hydrogens (tertiary/aromatic N) is 4. The Balaban J connectivity index is 1.73. The maximum atomic E-state index is 13.6. The first-order chi connectivity index (χ1) is 11.5. The highest BCUT2D eigenvalue weighted by Crippen LogP contribution is 2.16. The van der Waals surface area contributed by atoms with Gasteiger partial charge in [-0.05, 0) is 43.2 Å². The van der Waals surface area contributed by atoms with Gasteiger partial charge in [0.25, 0.3) is 0 Å². The molecule has 0 saturated carbocycles. The van der Waals surface area contributed by atoms with Gasteiger partial charge in [0.15, 0.2) is 5.65 Å². The van der Waals surface area contributed by atoms with E-state index in [0.29, 0.717) is 16.8 Å². The average Bonchev–Trinajstić information content (AvgIpc) is 2.86. The summed E-state index contributed by atoms with van der Waals surface area (Å²) in [5.74, 6) is -0.717. The van der Waals surface area contributed by atoms with Crippen molar-refractivity contribution < 1.29 is 9.18 Å². The van der Waals surface area contributed by atoms with Gasteiger partial charge in [0, 0.05) is 6.20 Å². The van der Waals surface area contributed by atoms with Crippen molar-refractivity contribution in [3.8, 4) is 0 Å². The number of hydrogen-bond donors (Lipinski definition) is 1. The number of halogens is 1. The van der Waals surface area contributed by atoms with Crippen molar-refractivity contribution in [1.29, 1.82) is 0 Å². The molecule has 1 N–H and O–H groups in total. The number of carbonyl (C=O) groups excluding carboxylic acids is 1. The van der Waals surface area contributed by atoms with E-state index in [2.05, 4.69) is 15.5 Å². The highest BCUT2D eigenvalue weighted by atomic mass is 19.1. The minimum absolute atomic E-state index is 0.235. The van der Waals surface area contributed by atoms with Crippen LogP contribution in [0.5, 0.6) is 0 Å². The third-order valence-corrected chi connectivity index (χ3v) is 3.72. The van der Waals surface area contributed by atoms with Gasteiger partial charge >= 0.3 is 5.69 Å². The molecule has 8 heteroatoms. The van der Waals surface area contributed by atoms with E-state index in [-0.39, 0.29) is 12.4 Å². The molecule has 24 heavy (non-hydrogen) atoms. The molecular formula is C16H16FN5O2. The molecule has 124 valence electrons. The normalized spacial score (nSPS) is 12.3. The smallest absolute Gasteiger partial charge is 0.348 e. The fourth-order valence-electron chi connectivity index (χ4n) is 2.35. The lowest BCUT2D eigenvalue weighted by Gasteiger charge is -2.14. The molecule has 3 rings (SSSR count). The first-order valence-corrected chi connectivity index (χ1v) is 7.42. The molecule has 2 heterocycles. The van der Waals surface area contributed by atoms with Gasteiger partial charge < -0.3 is 5.32 Å². The number of aryl methyl sites for hydroxylation is 1. The first kappa shape index (κ1) is 15.9. The van der Waals surface area contributed by atoms with Crippen molar-refractivity contribution in [2.45, 2.75) is 26.4 Å². The maximum Gasteiger partial charge on any atom is 0.367 e. The zero-order valence-electron chi connectivity index (χ0n) is 13.2. The van der Waals surface area contributed by atoms with Gasteiger partial charge in [-0.1, -0.05) is 12.1 Å². The van der Waals surface area contributed by atoms with Crippen molar-refractivity contribution in [2.24, 2.45) is 0 Å². The van der Waals surface area contributed by atoms with Crippen LogP contribution in [0.25, 0.3) is 5.65 Å². The third-order valence-electron chi connectivity index (χ3n) is 3.72. The molecule has 0 saturated heterocycles. The number of nitrogens with one attached hydrogen (secondary N) is 1. The highest BCUT2D eigenvalue weighted by Gasteiger charge is 2.14. The molecule has 0 fully saturated rings. The Morgan fingerprint density at radius 1 is 1.38 bits per heavy atom. The Kier molecular flexibility index (Phi) is 4.11. The molecule has 2 aromatic heterocycles. The summed E-state index contributed by atoms with van der Waals surface area (Å²) in [6.07, 6.45) is 1.47. The van der Waals surface area contributed by atoms with Gasteiger partial charge in [-0.15, -0.1) is 5.10 Å². The van der Waals surface area contributed by atoms with Crippen molar-refractivity contribution >= 4 is 11.6 Å². The molecule has 0 aliphatic heterocycles. The van der Waals surface area contributed by atoms with Gasteiger partial charge in [0.2, 0.25) is 5.91 Å². The molecule has 0 aliphatic carbocycles. The molecule has 0 aliphatic rings. The number of rotatable bonds is 4. The topological polar surface area (TPSA) is 81.3 Å². The van der Waals surface area contributed by atoms with Crippen molar-refractivity contribution in [3.63, 3.8) is 0 Å². The quantitative estimate of drug-likeness (QED) is 0.780. The van der Waals surface area contributed by atoms with Crippen molar-refractivity contribution in [3.05, 3.63) is 64.0 Å². The Hall–Kier alpha value is -3.03. The van der Waals surface area contributed by atoms with E-state index in [0.717, 1.165) is 9.20 Å². The van der Waals surface area contributed by atoms with E-state index >= 15 is 0 Å². The highest BCUT2D eigenvalue weighted by molar-refractivity contribution is 5.76. The minimum atomic E-state index is -0.491. The monoisotopic (exact) mass is 329 g/mol. The predicted octanol–water partition coefficient (Wildman–Crippen LogP) is 1.22. The zero-order chi connectivity index (χ0) is 17.3. The van der Waals surface area contributed by atoms with Crippen LogP contribution in [0, 0.1) is 12.7 Å². The van der Waals surface area contributed by atoms with Crippen LogP contribution in [-0.4, -0.2) is 25.3 Å². The Labute approximate surface area is 136 Å². The van der Waals surface area contributed by atoms with Gasteiger partial charge in [-0.2, -0.15) is 9.61 Å². The SMILES string of the molecule is Cc1ccc([C@H](C)NC(=O)Cn2nc3cccnn3c2=O)cc1F. The van der Waals surface area contributed by atoms with E-state index in [1.165, 1.54) is 12.3 Å². The minimum Gasteiger partial charge on any atom is -0.348 e. The average molecular weight is 329 g/mol. The number of aromatic nitrogens is 4. The van der Waals surface area contributed by atoms with Crippen LogP contribution < -0.4 is 11.0 Å². The summed E-state index contributed by atoms with van der Waals surface area (Å²) in [7, 11) is 0. The summed E-state index contributed by atoms with van der Waals surface area (Å²) in [5.41, 5.74) is 1.07. The fraction of sp³-hybridized carbons (Fsp3) is 0.250. The van der Waals surface area contributed by atoms with Crippen LogP contribution in [0.15, 0.2) is 41.3 Å². The standard InChI is InChI=1S/C16H16FN5O2/c1-10-5-6-12(8-13(10)17)11(2)19-15(23)9-21-16(24)22-14(20-21)4-3-7-18-22/h3-8,11H,9H2,1-2H3,(H,19,23)/t11-/m0/s1. The summed E-state index contributed by atoms with van der Waals surface area (Å²) in [5, 5.41) is 10.7. The summed E-state index contributed by atoms with van der Waals surface area (Å²) in [6.45, 7) is 3.18. The molecule has 0 radical (unpaired) electrons. The number of fused-ring (bicyclic) bond motifs is 1. The largest absolute Gasteiger partial charge is 0.367 e. The molecule has 1 amide bonds. The molecular weight excluding hydrogens is 313 g/mol. The summed E-state index contributed by atoms with van der Waals surface area (Å²) in [6, 6.07) is 7.69. The molecule has 0 bridgehead atoms. The lowest BCUT2D eigenvalue weighted by Crippen LogP contribution is -2.34. The number of amides is 1. The summed E-state index contributed by atoms with van der Waals surface area (Å²) >= 11 is 0. The lowest BCUT2D eigenvalue weighted by molar-refractivity contribution is -0.122.